The molecule has 71 heavy (non-hydrogen) atoms. The number of rotatable bonds is 15. The number of hydrogen-bond acceptors (Lipinski definition) is 12. The van der Waals surface area contributed by atoms with Gasteiger partial charge in [0.15, 0.2) is 11.6 Å². The van der Waals surface area contributed by atoms with Crippen molar-refractivity contribution in [2.45, 2.75) is 103 Å². The first kappa shape index (κ1) is 43.0. The van der Waals surface area contributed by atoms with Gasteiger partial charge >= 0.3 is 11.9 Å². The van der Waals surface area contributed by atoms with E-state index < -0.39 is 30.2 Å². The lowest BCUT2D eigenvalue weighted by Crippen LogP contribution is -2.44. The van der Waals surface area contributed by atoms with Crippen molar-refractivity contribution in [3.63, 3.8) is 0 Å². The second-order valence-electron chi connectivity index (χ2n) is 20.8. The Labute approximate surface area is 416 Å². The molecule has 4 fully saturated rings. The highest BCUT2D eigenvalue weighted by Gasteiger charge is 2.42. The molecule has 6 heterocycles. The maximum Gasteiger partial charge on any atom is 0.338 e. The zero-order chi connectivity index (χ0) is 51.8. The number of aromatic nitrogens is 8. The SMILES string of the molecule is COC(=O)c1cc(OC)c2c(c1)nc(-c1cc3cccnc3n1CC1CC1)n2CC1CC(C)(O)C1.[2H]C([2H])([2H])OC1(C)CC(Cn2c(-c3cc4cccnc4n3CC3CC3)nc3cc(C(=O)OC)cc(OC)c32)C1. The number of imidazole rings is 2. The van der Waals surface area contributed by atoms with Crippen LogP contribution in [-0.4, -0.2) is 102 Å². The Bertz CT molecular complexity index is 3460. The van der Waals surface area contributed by atoms with Crippen LogP contribution in [0.2, 0.25) is 0 Å². The molecule has 16 nitrogen and oxygen atoms in total. The molecule has 4 aliphatic rings. The summed E-state index contributed by atoms with van der Waals surface area (Å²) in [6, 6.07) is 19.2. The molecule has 0 unspecified atom stereocenters. The molecular weight excluding hydrogens is 901 g/mol. The van der Waals surface area contributed by atoms with Gasteiger partial charge < -0.3 is 47.1 Å². The van der Waals surface area contributed by atoms with Crippen molar-refractivity contribution >= 4 is 56.1 Å². The molecule has 0 bridgehead atoms. The molecule has 1 N–H and O–H groups in total. The average molecular weight is 966 g/mol. The number of ether oxygens (including phenoxy) is 5. The van der Waals surface area contributed by atoms with E-state index in [4.69, 9.17) is 37.8 Å². The molecule has 2 aromatic carbocycles. The summed E-state index contributed by atoms with van der Waals surface area (Å²) in [5, 5.41) is 12.5. The summed E-state index contributed by atoms with van der Waals surface area (Å²) < 4.78 is 58.4. The number of hydrogen-bond donors (Lipinski definition) is 1. The van der Waals surface area contributed by atoms with Crippen molar-refractivity contribution in [2.24, 2.45) is 23.7 Å². The molecule has 0 saturated heterocycles. The Morgan fingerprint density at radius 1 is 0.634 bits per heavy atom. The molecule has 0 atom stereocenters. The van der Waals surface area contributed by atoms with Crippen molar-refractivity contribution in [3.8, 4) is 34.5 Å². The van der Waals surface area contributed by atoms with E-state index in [-0.39, 0.29) is 5.92 Å². The zero-order valence-corrected chi connectivity index (χ0v) is 41.1. The zero-order valence-electron chi connectivity index (χ0n) is 44.1. The van der Waals surface area contributed by atoms with Crippen LogP contribution in [0.5, 0.6) is 11.5 Å². The molecule has 0 radical (unpaired) electrons. The number of carbonyl (C=O) groups excluding carboxylic acids is 2. The fraction of sp³-hybridized carbons (Fsp3) is 0.455. The minimum atomic E-state index is -2.43. The Hall–Kier alpha value is -6.78. The van der Waals surface area contributed by atoms with Crippen LogP contribution in [0.3, 0.4) is 0 Å². The third-order valence-electron chi connectivity index (χ3n) is 15.0. The van der Waals surface area contributed by atoms with Gasteiger partial charge in [-0.15, -0.1) is 0 Å². The summed E-state index contributed by atoms with van der Waals surface area (Å²) in [6.45, 7) is 6.80. The number of methoxy groups -OCH3 is 5. The van der Waals surface area contributed by atoms with E-state index in [0.717, 1.165) is 82.1 Å². The van der Waals surface area contributed by atoms with Crippen molar-refractivity contribution in [1.82, 2.24) is 38.2 Å². The Balaban J connectivity index is 0.000000160. The quantitative estimate of drug-likeness (QED) is 0.0967. The van der Waals surface area contributed by atoms with Gasteiger partial charge in [0.05, 0.1) is 77.3 Å². The third kappa shape index (κ3) is 8.79. The van der Waals surface area contributed by atoms with E-state index in [9.17, 15) is 14.7 Å². The number of nitrogens with zero attached hydrogens (tertiary/aromatic N) is 8. The Kier molecular flexibility index (Phi) is 11.0. The lowest BCUT2D eigenvalue weighted by Gasteiger charge is -2.44. The van der Waals surface area contributed by atoms with Crippen molar-refractivity contribution in [3.05, 3.63) is 84.2 Å². The summed E-state index contributed by atoms with van der Waals surface area (Å²) in [5.74, 6) is 3.57. The fourth-order valence-electron chi connectivity index (χ4n) is 11.2. The lowest BCUT2D eigenvalue weighted by atomic mass is 9.72. The minimum Gasteiger partial charge on any atom is -0.494 e. The number of fused-ring (bicyclic) bond motifs is 4. The first-order chi connectivity index (χ1) is 35.4. The molecule has 0 aliphatic heterocycles. The van der Waals surface area contributed by atoms with Crippen LogP contribution in [0.4, 0.5) is 0 Å². The van der Waals surface area contributed by atoms with Crippen LogP contribution >= 0.6 is 0 Å². The molecule has 4 saturated carbocycles. The molecule has 370 valence electrons. The largest absolute Gasteiger partial charge is 0.494 e. The van der Waals surface area contributed by atoms with Crippen molar-refractivity contribution in [2.75, 3.05) is 35.5 Å². The molecule has 12 rings (SSSR count). The van der Waals surface area contributed by atoms with E-state index in [1.54, 1.807) is 38.5 Å². The standard InChI is InChI=1S/C28H32N4O4.C27H30N4O4/c1-28(36-4)13-18(14-28)16-32-24-21(10-20(27(33)35-3)12-23(24)34-2)30-26(32)22-11-19-6-5-9-29-25(19)31(22)15-17-7-8-17;1-27(33)12-17(13-27)15-31-23-20(9-19(26(32)35-3)11-22(23)34-2)29-25(31)21-10-18-5-4-8-28-24(18)30(21)14-16-6-7-16/h5-6,9-12,17-18H,7-8,13-16H2,1-4H3;4-5,8-11,16-17,33H,6-7,12-15H2,1-3H3/i4D3;. The molecule has 8 aromatic rings. The predicted molar refractivity (Wildman–Crippen MR) is 270 cm³/mol. The van der Waals surface area contributed by atoms with Gasteiger partial charge in [0.2, 0.25) is 0 Å². The maximum absolute atomic E-state index is 12.4. The molecule has 6 aromatic heterocycles. The lowest BCUT2D eigenvalue weighted by molar-refractivity contribution is -0.0937. The smallest absolute Gasteiger partial charge is 0.338 e. The van der Waals surface area contributed by atoms with E-state index in [1.807, 2.05) is 38.4 Å². The Morgan fingerprint density at radius 3 is 1.46 bits per heavy atom. The maximum atomic E-state index is 12.4. The monoisotopic (exact) mass is 965 g/mol. The van der Waals surface area contributed by atoms with E-state index in [1.165, 1.54) is 39.9 Å². The number of aliphatic hydroxyl groups is 1. The van der Waals surface area contributed by atoms with Gasteiger partial charge in [0, 0.05) is 56.4 Å². The minimum absolute atomic E-state index is 0.179. The molecule has 0 amide bonds. The van der Waals surface area contributed by atoms with Gasteiger partial charge in [-0.25, -0.2) is 29.5 Å². The molecule has 0 spiro atoms. The number of pyridine rings is 2. The number of carbonyl (C=O) groups is 2. The first-order valence-electron chi connectivity index (χ1n) is 26.1. The van der Waals surface area contributed by atoms with Crippen LogP contribution in [0, 0.1) is 23.7 Å². The predicted octanol–water partition coefficient (Wildman–Crippen LogP) is 9.49. The highest BCUT2D eigenvalue weighted by molar-refractivity contribution is 5.99. The fourth-order valence-corrected chi connectivity index (χ4v) is 11.2. The summed E-state index contributed by atoms with van der Waals surface area (Å²) >= 11 is 0. The van der Waals surface area contributed by atoms with Crippen LogP contribution in [0.15, 0.2) is 73.1 Å². The Morgan fingerprint density at radius 2 is 1.07 bits per heavy atom. The van der Waals surface area contributed by atoms with Crippen molar-refractivity contribution < 1.29 is 42.5 Å². The molecule has 16 heteroatoms. The first-order valence-corrected chi connectivity index (χ1v) is 24.6. The summed E-state index contributed by atoms with van der Waals surface area (Å²) in [7, 11) is 3.47. The van der Waals surface area contributed by atoms with Crippen LogP contribution in [0.25, 0.3) is 67.2 Å². The second-order valence-corrected chi connectivity index (χ2v) is 20.8. The van der Waals surface area contributed by atoms with E-state index in [0.29, 0.717) is 77.3 Å². The van der Waals surface area contributed by atoms with Crippen LogP contribution in [-0.2, 0) is 40.4 Å². The second kappa shape index (κ2) is 18.1. The number of benzene rings is 2. The van der Waals surface area contributed by atoms with Gasteiger partial charge in [-0.1, -0.05) is 0 Å². The van der Waals surface area contributed by atoms with Gasteiger partial charge in [-0.3, -0.25) is 0 Å². The topological polar surface area (TPSA) is 172 Å². The number of esters is 2. The third-order valence-corrected chi connectivity index (χ3v) is 15.0. The van der Waals surface area contributed by atoms with Gasteiger partial charge in [-0.2, -0.15) is 0 Å². The summed E-state index contributed by atoms with van der Waals surface area (Å²) in [5.41, 5.74) is 6.23. The van der Waals surface area contributed by atoms with Gasteiger partial charge in [0.1, 0.15) is 33.8 Å². The summed E-state index contributed by atoms with van der Waals surface area (Å²) in [4.78, 5) is 44.3. The van der Waals surface area contributed by atoms with Gasteiger partial charge in [0.25, 0.3) is 0 Å². The van der Waals surface area contributed by atoms with Crippen LogP contribution < -0.4 is 9.47 Å². The normalized spacial score (nSPS) is 22.5. The molecular formula is C55H62N8O8. The summed E-state index contributed by atoms with van der Waals surface area (Å²) in [6.07, 6.45) is 11.2. The van der Waals surface area contributed by atoms with Gasteiger partial charge in [-0.05, 0) is 150 Å². The highest BCUT2D eigenvalue weighted by Crippen LogP contribution is 2.45. The highest BCUT2D eigenvalue weighted by atomic mass is 16.5. The van der Waals surface area contributed by atoms with Crippen molar-refractivity contribution in [1.29, 1.82) is 0 Å². The van der Waals surface area contributed by atoms with Crippen LogP contribution in [0.1, 0.15) is 90.0 Å². The van der Waals surface area contributed by atoms with E-state index >= 15 is 0 Å². The average Bonchev–Trinajstić information content (AvgIpc) is 4.23. The molecule has 4 aliphatic carbocycles. The van der Waals surface area contributed by atoms with E-state index in [2.05, 4.69) is 52.5 Å².